The van der Waals surface area contributed by atoms with Gasteiger partial charge in [0.25, 0.3) is 0 Å². The van der Waals surface area contributed by atoms with Crippen LogP contribution in [0, 0.1) is 29.1 Å². The predicted molar refractivity (Wildman–Crippen MR) is 97.1 cm³/mol. The van der Waals surface area contributed by atoms with Crippen molar-refractivity contribution in [3.8, 4) is 0 Å². The summed E-state index contributed by atoms with van der Waals surface area (Å²) in [5.41, 5.74) is -0.424. The highest BCUT2D eigenvalue weighted by Gasteiger charge is 2.59. The minimum atomic E-state index is -1.42. The number of carbonyl (C=O) groups excluding carboxylic acids is 1. The zero-order valence-corrected chi connectivity index (χ0v) is 16.3. The third-order valence-corrected chi connectivity index (χ3v) is 6.54. The fraction of sp³-hybridized carbons (Fsp3) is 0.850. The van der Waals surface area contributed by atoms with Crippen molar-refractivity contribution in [1.29, 1.82) is 0 Å². The molecule has 2 aliphatic rings. The first-order valence-electron chi connectivity index (χ1n) is 9.63. The van der Waals surface area contributed by atoms with Crippen LogP contribution in [-0.2, 0) is 9.53 Å². The Balaban J connectivity index is 2.07. The Morgan fingerprint density at radius 3 is 2.54 bits per heavy atom. The lowest BCUT2D eigenvalue weighted by Gasteiger charge is -2.40. The Bertz CT molecular complexity index is 534. The molecule has 6 nitrogen and oxygen atoms in total. The van der Waals surface area contributed by atoms with Crippen LogP contribution in [0.4, 0.5) is 0 Å². The van der Waals surface area contributed by atoms with Gasteiger partial charge in [-0.2, -0.15) is 0 Å². The second-order valence-corrected chi connectivity index (χ2v) is 8.33. The molecular formula is C20H34O6. The lowest BCUT2D eigenvalue weighted by atomic mass is 9.77. The highest BCUT2D eigenvalue weighted by atomic mass is 16.6. The molecule has 0 aromatic rings. The van der Waals surface area contributed by atoms with Gasteiger partial charge in [-0.15, -0.1) is 0 Å². The van der Waals surface area contributed by atoms with Gasteiger partial charge in [0.15, 0.2) is 5.79 Å². The Morgan fingerprint density at radius 2 is 2.04 bits per heavy atom. The first kappa shape index (κ1) is 21.5. The second kappa shape index (κ2) is 8.07. The van der Waals surface area contributed by atoms with E-state index in [4.69, 9.17) is 4.74 Å². The van der Waals surface area contributed by atoms with E-state index in [2.05, 4.69) is 13.0 Å². The minimum absolute atomic E-state index is 0.0492. The number of allylic oxidation sites excluding steroid dienone is 2. The molecule has 0 radical (unpaired) electrons. The molecule has 0 aromatic carbocycles. The molecule has 26 heavy (non-hydrogen) atoms. The smallest absolute Gasteiger partial charge is 0.167 e. The Kier molecular flexibility index (Phi) is 6.67. The lowest BCUT2D eigenvalue weighted by molar-refractivity contribution is -0.258. The second-order valence-electron chi connectivity index (χ2n) is 8.33. The molecule has 8 atom stereocenters. The van der Waals surface area contributed by atoms with Crippen molar-refractivity contribution >= 4 is 5.78 Å². The summed E-state index contributed by atoms with van der Waals surface area (Å²) >= 11 is 0. The summed E-state index contributed by atoms with van der Waals surface area (Å²) < 4.78 is 5.39. The van der Waals surface area contributed by atoms with Gasteiger partial charge < -0.3 is 25.2 Å². The van der Waals surface area contributed by atoms with E-state index in [9.17, 15) is 25.2 Å². The maximum atomic E-state index is 12.9. The van der Waals surface area contributed by atoms with Gasteiger partial charge in [0.2, 0.25) is 0 Å². The van der Waals surface area contributed by atoms with Crippen molar-refractivity contribution in [1.82, 2.24) is 0 Å². The molecule has 0 aromatic heterocycles. The molecule has 0 bridgehead atoms. The number of rotatable bonds is 8. The number of ether oxygens (including phenoxy) is 1. The largest absolute Gasteiger partial charge is 0.396 e. The SMILES string of the molecule is C/C=C\[C@H](C)[C@H]1C[C@@]1(C)[C@@H](O)[C@@H](CO)C(=O)[C@H]1COC(O)(CC)C[C@@H]1O. The number of Topliss-reactive ketones (excluding diaryl/α,β-unsaturated/α-hetero) is 1. The van der Waals surface area contributed by atoms with Crippen LogP contribution in [0.2, 0.25) is 0 Å². The maximum Gasteiger partial charge on any atom is 0.167 e. The van der Waals surface area contributed by atoms with E-state index in [1.165, 1.54) is 0 Å². The summed E-state index contributed by atoms with van der Waals surface area (Å²) in [6, 6.07) is 0. The van der Waals surface area contributed by atoms with Crippen molar-refractivity contribution in [3.63, 3.8) is 0 Å². The minimum Gasteiger partial charge on any atom is -0.396 e. The molecule has 150 valence electrons. The quantitative estimate of drug-likeness (QED) is 0.479. The molecule has 6 heteroatoms. The zero-order valence-electron chi connectivity index (χ0n) is 16.3. The van der Waals surface area contributed by atoms with Gasteiger partial charge in [-0.25, -0.2) is 0 Å². The van der Waals surface area contributed by atoms with E-state index >= 15 is 0 Å². The normalized spacial score (nSPS) is 41.0. The molecule has 1 aliphatic heterocycles. The maximum absolute atomic E-state index is 12.9. The van der Waals surface area contributed by atoms with Crippen LogP contribution in [0.5, 0.6) is 0 Å². The van der Waals surface area contributed by atoms with Crippen LogP contribution in [0.15, 0.2) is 12.2 Å². The van der Waals surface area contributed by atoms with Crippen LogP contribution >= 0.6 is 0 Å². The van der Waals surface area contributed by atoms with Gasteiger partial charge in [0.1, 0.15) is 5.78 Å². The van der Waals surface area contributed by atoms with Crippen molar-refractivity contribution in [2.24, 2.45) is 29.1 Å². The fourth-order valence-electron chi connectivity index (χ4n) is 4.46. The Labute approximate surface area is 155 Å². The number of carbonyl (C=O) groups is 1. The molecule has 0 spiro atoms. The fourth-order valence-corrected chi connectivity index (χ4v) is 4.46. The van der Waals surface area contributed by atoms with Crippen LogP contribution in [0.25, 0.3) is 0 Å². The number of hydrogen-bond acceptors (Lipinski definition) is 6. The van der Waals surface area contributed by atoms with E-state index in [1.807, 2.05) is 19.9 Å². The lowest BCUT2D eigenvalue weighted by Crippen LogP contribution is -2.52. The summed E-state index contributed by atoms with van der Waals surface area (Å²) in [5, 5.41) is 41.1. The molecule has 1 saturated heterocycles. The van der Waals surface area contributed by atoms with Gasteiger partial charge in [-0.05, 0) is 37.0 Å². The van der Waals surface area contributed by atoms with Gasteiger partial charge in [-0.3, -0.25) is 4.79 Å². The monoisotopic (exact) mass is 370 g/mol. The molecule has 4 N–H and O–H groups in total. The first-order valence-corrected chi connectivity index (χ1v) is 9.63. The van der Waals surface area contributed by atoms with Crippen molar-refractivity contribution < 1.29 is 30.0 Å². The molecule has 2 rings (SSSR count). The number of aliphatic hydroxyl groups excluding tert-OH is 3. The topological polar surface area (TPSA) is 107 Å². The molecule has 1 unspecified atom stereocenters. The van der Waals surface area contributed by atoms with E-state index in [0.29, 0.717) is 6.42 Å². The summed E-state index contributed by atoms with van der Waals surface area (Å²) in [4.78, 5) is 12.9. The third kappa shape index (κ3) is 4.04. The number of aliphatic hydroxyl groups is 4. The Hall–Kier alpha value is -0.790. The molecule has 2 fully saturated rings. The van der Waals surface area contributed by atoms with E-state index in [0.717, 1.165) is 6.42 Å². The van der Waals surface area contributed by atoms with Gasteiger partial charge >= 0.3 is 0 Å². The highest BCUT2D eigenvalue weighted by Crippen LogP contribution is 2.60. The molecule has 1 heterocycles. The van der Waals surface area contributed by atoms with E-state index in [1.54, 1.807) is 6.92 Å². The summed E-state index contributed by atoms with van der Waals surface area (Å²) in [6.07, 6.45) is 3.11. The van der Waals surface area contributed by atoms with Crippen molar-refractivity contribution in [2.45, 2.75) is 65.0 Å². The Morgan fingerprint density at radius 1 is 1.38 bits per heavy atom. The van der Waals surface area contributed by atoms with Gasteiger partial charge in [0.05, 0.1) is 37.3 Å². The zero-order chi connectivity index (χ0) is 19.7. The van der Waals surface area contributed by atoms with Gasteiger partial charge in [-0.1, -0.05) is 32.9 Å². The predicted octanol–water partition coefficient (Wildman–Crippen LogP) is 1.26. The number of ketones is 1. The van der Waals surface area contributed by atoms with Crippen LogP contribution in [-0.4, -0.2) is 57.4 Å². The van der Waals surface area contributed by atoms with Crippen LogP contribution in [0.1, 0.15) is 47.0 Å². The summed E-state index contributed by atoms with van der Waals surface area (Å²) in [6.45, 7) is 7.15. The number of hydrogen-bond donors (Lipinski definition) is 4. The average Bonchev–Trinajstić information content (AvgIpc) is 3.29. The van der Waals surface area contributed by atoms with E-state index < -0.39 is 47.6 Å². The van der Waals surface area contributed by atoms with Crippen LogP contribution < -0.4 is 0 Å². The molecule has 1 saturated carbocycles. The summed E-state index contributed by atoms with van der Waals surface area (Å²) in [5.74, 6) is -3.07. The summed E-state index contributed by atoms with van der Waals surface area (Å²) in [7, 11) is 0. The average molecular weight is 370 g/mol. The third-order valence-electron chi connectivity index (χ3n) is 6.54. The van der Waals surface area contributed by atoms with Gasteiger partial charge in [0, 0.05) is 6.42 Å². The molecule has 1 aliphatic carbocycles. The standard InChI is InChI=1S/C20H34O6/c1-5-7-12(3)15-8-19(15,4)18(24)13(10-21)17(23)14-11-26-20(25,6-2)9-16(14)22/h5,7,12-16,18,21-22,24-25H,6,8-11H2,1-4H3/b7-5-/t12-,13-,14-,15+,16-,18-,19+,20?/m0/s1. The first-order chi connectivity index (χ1) is 12.1. The van der Waals surface area contributed by atoms with E-state index in [-0.39, 0.29) is 24.9 Å². The highest BCUT2D eigenvalue weighted by molar-refractivity contribution is 5.85. The molecular weight excluding hydrogens is 336 g/mol. The van der Waals surface area contributed by atoms with Crippen LogP contribution in [0.3, 0.4) is 0 Å². The van der Waals surface area contributed by atoms with Crippen molar-refractivity contribution in [3.05, 3.63) is 12.2 Å². The van der Waals surface area contributed by atoms with Crippen molar-refractivity contribution in [2.75, 3.05) is 13.2 Å². The molecule has 0 amide bonds.